The van der Waals surface area contributed by atoms with Gasteiger partial charge in [0.15, 0.2) is 11.5 Å². The minimum absolute atomic E-state index is 0.223. The number of hydrogen-bond acceptors (Lipinski definition) is 5. The van der Waals surface area contributed by atoms with E-state index in [-0.39, 0.29) is 5.91 Å². The van der Waals surface area contributed by atoms with Gasteiger partial charge in [-0.05, 0) is 36.4 Å². The first-order valence-electron chi connectivity index (χ1n) is 10.4. The van der Waals surface area contributed by atoms with Gasteiger partial charge in [0.25, 0.3) is 5.91 Å². The molecule has 1 N–H and O–H groups in total. The highest BCUT2D eigenvalue weighted by molar-refractivity contribution is 5.97. The topological polar surface area (TPSA) is 60.0 Å². The van der Waals surface area contributed by atoms with Gasteiger partial charge in [-0.15, -0.1) is 0 Å². The average Bonchev–Trinajstić information content (AvgIpc) is 2.77. The Kier molecular flexibility index (Phi) is 7.57. The van der Waals surface area contributed by atoms with Gasteiger partial charge >= 0.3 is 0 Å². The van der Waals surface area contributed by atoms with Crippen molar-refractivity contribution in [3.8, 4) is 17.2 Å². The molecule has 2 aromatic carbocycles. The Morgan fingerprint density at radius 1 is 1.00 bits per heavy atom. The lowest BCUT2D eigenvalue weighted by Gasteiger charge is -2.30. The van der Waals surface area contributed by atoms with E-state index in [1.807, 2.05) is 0 Å². The van der Waals surface area contributed by atoms with Crippen LogP contribution in [0.3, 0.4) is 0 Å². The van der Waals surface area contributed by atoms with Crippen LogP contribution >= 0.6 is 0 Å². The van der Waals surface area contributed by atoms with E-state index in [1.54, 1.807) is 19.2 Å². The number of carbonyl (C=O) groups is 1. The maximum Gasteiger partial charge on any atom is 0.255 e. The second kappa shape index (κ2) is 10.3. The molecule has 1 atom stereocenters. The largest absolute Gasteiger partial charge is 0.496 e. The Bertz CT molecular complexity index is 851. The highest BCUT2D eigenvalue weighted by Crippen LogP contribution is 2.34. The third kappa shape index (κ3) is 5.45. The summed E-state index contributed by atoms with van der Waals surface area (Å²) in [5, 5.41) is 2.96. The Morgan fingerprint density at radius 3 is 2.27 bits per heavy atom. The van der Waals surface area contributed by atoms with Crippen LogP contribution in [0.15, 0.2) is 36.4 Å². The number of carbonyl (C=O) groups excluding carboxylic acids is 1. The number of methoxy groups -OCH3 is 3. The van der Waals surface area contributed by atoms with Crippen LogP contribution in [0, 0.1) is 5.92 Å². The van der Waals surface area contributed by atoms with Gasteiger partial charge in [-0.3, -0.25) is 9.69 Å². The number of benzene rings is 2. The summed E-state index contributed by atoms with van der Waals surface area (Å²) in [6.07, 6.45) is 2.62. The van der Waals surface area contributed by atoms with Gasteiger partial charge < -0.3 is 19.5 Å². The molecule has 1 amide bonds. The minimum Gasteiger partial charge on any atom is -0.496 e. The molecule has 6 heteroatoms. The number of ether oxygens (including phenoxy) is 3. The highest BCUT2D eigenvalue weighted by atomic mass is 16.5. The summed E-state index contributed by atoms with van der Waals surface area (Å²) in [6, 6.07) is 11.7. The van der Waals surface area contributed by atoms with Crippen molar-refractivity contribution in [2.75, 3.05) is 34.4 Å². The molecular formula is C24H32N2O4. The first kappa shape index (κ1) is 22.0. The number of nitrogens with zero attached hydrogens (tertiary/aromatic N) is 1. The van der Waals surface area contributed by atoms with Crippen LogP contribution in [-0.2, 0) is 13.1 Å². The third-order valence-electron chi connectivity index (χ3n) is 5.57. The molecule has 30 heavy (non-hydrogen) atoms. The zero-order chi connectivity index (χ0) is 21.5. The van der Waals surface area contributed by atoms with Gasteiger partial charge in [0, 0.05) is 31.8 Å². The van der Waals surface area contributed by atoms with E-state index in [0.717, 1.165) is 18.0 Å². The lowest BCUT2D eigenvalue weighted by atomic mass is 9.99. The molecule has 6 nitrogen and oxygen atoms in total. The van der Waals surface area contributed by atoms with Crippen molar-refractivity contribution in [3.63, 3.8) is 0 Å². The molecule has 162 valence electrons. The van der Waals surface area contributed by atoms with Gasteiger partial charge in [0.05, 0.1) is 26.9 Å². The van der Waals surface area contributed by atoms with Crippen LogP contribution in [-0.4, -0.2) is 45.2 Å². The summed E-state index contributed by atoms with van der Waals surface area (Å²) in [6.45, 7) is 6.10. The Balaban J connectivity index is 1.60. The van der Waals surface area contributed by atoms with Crippen molar-refractivity contribution >= 4 is 5.91 Å². The van der Waals surface area contributed by atoms with Crippen LogP contribution in [0.2, 0.25) is 0 Å². The van der Waals surface area contributed by atoms with Gasteiger partial charge in [-0.25, -0.2) is 0 Å². The van der Waals surface area contributed by atoms with Crippen molar-refractivity contribution < 1.29 is 19.0 Å². The number of amides is 1. The monoisotopic (exact) mass is 412 g/mol. The minimum atomic E-state index is -0.223. The third-order valence-corrected chi connectivity index (χ3v) is 5.57. The normalized spacial score (nSPS) is 16.7. The van der Waals surface area contributed by atoms with E-state index in [0.29, 0.717) is 29.4 Å². The summed E-state index contributed by atoms with van der Waals surface area (Å²) in [7, 11) is 4.62. The lowest BCUT2D eigenvalue weighted by molar-refractivity contribution is 0.0947. The molecule has 1 aliphatic rings. The van der Waals surface area contributed by atoms with Gasteiger partial charge in [0.1, 0.15) is 5.75 Å². The van der Waals surface area contributed by atoms with Crippen LogP contribution in [0.1, 0.15) is 41.3 Å². The van der Waals surface area contributed by atoms with Gasteiger partial charge in [-0.2, -0.15) is 0 Å². The fraction of sp³-hybridized carbons (Fsp3) is 0.458. The zero-order valence-electron chi connectivity index (χ0n) is 18.4. The SMILES string of the molecule is COc1cc(OC)c(C(=O)NCc2ccc(CN3CCCC(C)C3)cc2)cc1OC. The highest BCUT2D eigenvalue weighted by Gasteiger charge is 2.18. The molecule has 1 heterocycles. The van der Waals surface area contributed by atoms with Crippen molar-refractivity contribution in [1.82, 2.24) is 10.2 Å². The number of likely N-dealkylation sites (tertiary alicyclic amines) is 1. The molecule has 2 aromatic rings. The van der Waals surface area contributed by atoms with E-state index in [4.69, 9.17) is 14.2 Å². The Morgan fingerprint density at radius 2 is 1.63 bits per heavy atom. The van der Waals surface area contributed by atoms with Crippen molar-refractivity contribution in [3.05, 3.63) is 53.1 Å². The zero-order valence-corrected chi connectivity index (χ0v) is 18.4. The molecule has 0 aliphatic carbocycles. The number of piperidine rings is 1. The summed E-state index contributed by atoms with van der Waals surface area (Å²) in [5.41, 5.74) is 2.77. The molecule has 1 unspecified atom stereocenters. The van der Waals surface area contributed by atoms with Gasteiger partial charge in [-0.1, -0.05) is 31.2 Å². The molecule has 1 aliphatic heterocycles. The van der Waals surface area contributed by atoms with E-state index in [9.17, 15) is 4.79 Å². The molecule has 1 saturated heterocycles. The smallest absolute Gasteiger partial charge is 0.255 e. The Labute approximate surface area is 179 Å². The number of rotatable bonds is 8. The van der Waals surface area contributed by atoms with E-state index >= 15 is 0 Å². The molecular weight excluding hydrogens is 380 g/mol. The van der Waals surface area contributed by atoms with E-state index in [1.165, 1.54) is 45.7 Å². The fourth-order valence-electron chi connectivity index (χ4n) is 3.94. The molecule has 0 aromatic heterocycles. The summed E-state index contributed by atoms with van der Waals surface area (Å²) < 4.78 is 15.9. The second-order valence-corrected chi connectivity index (χ2v) is 7.89. The standard InChI is InChI=1S/C24H32N2O4/c1-17-6-5-11-26(15-17)16-19-9-7-18(8-10-19)14-25-24(27)20-12-22(29-3)23(30-4)13-21(20)28-2/h7-10,12-13,17H,5-6,11,14-16H2,1-4H3,(H,25,27). The van der Waals surface area contributed by atoms with Crippen molar-refractivity contribution in [2.45, 2.75) is 32.9 Å². The maximum absolute atomic E-state index is 12.7. The van der Waals surface area contributed by atoms with Crippen LogP contribution in [0.4, 0.5) is 0 Å². The van der Waals surface area contributed by atoms with Crippen molar-refractivity contribution in [1.29, 1.82) is 0 Å². The Hall–Kier alpha value is -2.73. The number of nitrogens with one attached hydrogen (secondary N) is 1. The summed E-state index contributed by atoms with van der Waals surface area (Å²) in [4.78, 5) is 15.3. The van der Waals surface area contributed by atoms with Crippen LogP contribution < -0.4 is 19.5 Å². The van der Waals surface area contributed by atoms with Gasteiger partial charge in [0.2, 0.25) is 0 Å². The van der Waals surface area contributed by atoms with Crippen molar-refractivity contribution in [2.24, 2.45) is 5.92 Å². The molecule has 0 saturated carbocycles. The van der Waals surface area contributed by atoms with Crippen LogP contribution in [0.25, 0.3) is 0 Å². The predicted molar refractivity (Wildman–Crippen MR) is 117 cm³/mol. The van der Waals surface area contributed by atoms with E-state index < -0.39 is 0 Å². The van der Waals surface area contributed by atoms with Crippen LogP contribution in [0.5, 0.6) is 17.2 Å². The summed E-state index contributed by atoms with van der Waals surface area (Å²) >= 11 is 0. The molecule has 0 spiro atoms. The number of hydrogen-bond donors (Lipinski definition) is 1. The second-order valence-electron chi connectivity index (χ2n) is 7.89. The first-order valence-corrected chi connectivity index (χ1v) is 10.4. The quantitative estimate of drug-likeness (QED) is 0.713. The summed E-state index contributed by atoms with van der Waals surface area (Å²) in [5.74, 6) is 2.00. The predicted octanol–water partition coefficient (Wildman–Crippen LogP) is 3.87. The maximum atomic E-state index is 12.7. The van der Waals surface area contributed by atoms with E-state index in [2.05, 4.69) is 41.4 Å². The molecule has 1 fully saturated rings. The first-order chi connectivity index (χ1) is 14.5. The molecule has 0 bridgehead atoms. The lowest BCUT2D eigenvalue weighted by Crippen LogP contribution is -2.33. The average molecular weight is 413 g/mol. The molecule has 0 radical (unpaired) electrons. The fourth-order valence-corrected chi connectivity index (χ4v) is 3.94. The molecule has 3 rings (SSSR count).